The Morgan fingerprint density at radius 2 is 1.82 bits per heavy atom. The molecule has 3 atom stereocenters. The summed E-state index contributed by atoms with van der Waals surface area (Å²) in [4.78, 5) is 31.2. The Kier molecular flexibility index (Phi) is 5.07. The quantitative estimate of drug-likeness (QED) is 0.829. The molecule has 1 aromatic carbocycles. The average Bonchev–Trinajstić information content (AvgIpc) is 3.10. The van der Waals surface area contributed by atoms with Crippen LogP contribution in [0.5, 0.6) is 0 Å². The van der Waals surface area contributed by atoms with Crippen LogP contribution in [0.15, 0.2) is 35.4 Å². The van der Waals surface area contributed by atoms with Gasteiger partial charge in [-0.3, -0.25) is 20.0 Å². The summed E-state index contributed by atoms with van der Waals surface area (Å²) in [7, 11) is 1.77. The molecule has 0 saturated carbocycles. The third-order valence-electron chi connectivity index (χ3n) is 5.63. The largest absolute Gasteiger partial charge is 0.327 e. The van der Waals surface area contributed by atoms with E-state index in [1.54, 1.807) is 11.9 Å². The van der Waals surface area contributed by atoms with Crippen LogP contribution in [0.1, 0.15) is 32.3 Å². The highest BCUT2D eigenvalue weighted by Gasteiger charge is 2.56. The predicted octanol–water partition coefficient (Wildman–Crippen LogP) is 1.30. The van der Waals surface area contributed by atoms with Gasteiger partial charge in [0, 0.05) is 26.7 Å². The summed E-state index contributed by atoms with van der Waals surface area (Å²) >= 11 is 0. The lowest BCUT2D eigenvalue weighted by atomic mass is 10.1. The van der Waals surface area contributed by atoms with Gasteiger partial charge in [0.2, 0.25) is 0 Å². The Hall–Kier alpha value is -2.45. The molecule has 3 unspecified atom stereocenters. The van der Waals surface area contributed by atoms with Crippen LogP contribution in [0.2, 0.25) is 0 Å². The summed E-state index contributed by atoms with van der Waals surface area (Å²) in [6.07, 6.45) is 1.15. The topological polar surface area (TPSA) is 71.5 Å². The van der Waals surface area contributed by atoms with Gasteiger partial charge in [-0.1, -0.05) is 44.2 Å². The van der Waals surface area contributed by atoms with Crippen molar-refractivity contribution in [3.63, 3.8) is 0 Å². The lowest BCUT2D eigenvalue weighted by Crippen LogP contribution is -2.66. The van der Waals surface area contributed by atoms with E-state index >= 15 is 0 Å². The molecule has 2 fully saturated rings. The van der Waals surface area contributed by atoms with E-state index in [1.165, 1.54) is 4.90 Å². The highest BCUT2D eigenvalue weighted by molar-refractivity contribution is 6.04. The summed E-state index contributed by atoms with van der Waals surface area (Å²) in [6, 6.07) is 9.44. The molecule has 0 bridgehead atoms. The van der Waals surface area contributed by atoms with E-state index in [-0.39, 0.29) is 24.4 Å². The van der Waals surface area contributed by atoms with Crippen LogP contribution in [0, 0.1) is 0 Å². The van der Waals surface area contributed by atoms with Crippen molar-refractivity contribution in [2.45, 2.75) is 45.2 Å². The minimum absolute atomic E-state index is 0.115. The van der Waals surface area contributed by atoms with Crippen molar-refractivity contribution in [1.82, 2.24) is 25.0 Å². The number of carbonyl (C=O) groups excluding carboxylic acids is 2. The maximum Gasteiger partial charge on any atom is 0.327 e. The highest BCUT2D eigenvalue weighted by Crippen LogP contribution is 2.31. The molecule has 2 saturated heterocycles. The summed E-state index contributed by atoms with van der Waals surface area (Å²) in [5.41, 5.74) is 2.01. The van der Waals surface area contributed by atoms with Gasteiger partial charge in [-0.2, -0.15) is 5.10 Å². The molecule has 150 valence electrons. The maximum absolute atomic E-state index is 13.3. The Morgan fingerprint density at radius 1 is 1.11 bits per heavy atom. The molecular formula is C20H28N6O2. The zero-order valence-corrected chi connectivity index (χ0v) is 16.7. The van der Waals surface area contributed by atoms with Gasteiger partial charge >= 0.3 is 6.03 Å². The van der Waals surface area contributed by atoms with Gasteiger partial charge in [0.15, 0.2) is 6.29 Å². The first kappa shape index (κ1) is 18.9. The normalized spacial score (nSPS) is 27.8. The van der Waals surface area contributed by atoms with E-state index in [0.717, 1.165) is 30.7 Å². The number of rotatable bonds is 5. The zero-order chi connectivity index (χ0) is 19.8. The maximum atomic E-state index is 13.3. The molecule has 0 aliphatic carbocycles. The number of amides is 3. The Balaban J connectivity index is 1.69. The minimum atomic E-state index is -0.409. The lowest BCUT2D eigenvalue weighted by Gasteiger charge is -2.42. The van der Waals surface area contributed by atoms with Gasteiger partial charge in [-0.25, -0.2) is 9.69 Å². The third-order valence-corrected chi connectivity index (χ3v) is 5.63. The number of fused-ring (bicyclic) bond motifs is 3. The van der Waals surface area contributed by atoms with Gasteiger partial charge < -0.3 is 4.90 Å². The Labute approximate surface area is 165 Å². The standard InChI is InChI=1S/C20H28N6O2/c1-4-11-24-18(27)16-17(23(3)20(24)28)21-19-25(16)13-15(22-26(19)12-5-2)14-9-7-6-8-10-14/h6-10,16-17,19,21H,4-5,11-13H2,1-3H3. The average molecular weight is 384 g/mol. The molecule has 1 aromatic rings. The number of urea groups is 1. The molecule has 3 aliphatic rings. The zero-order valence-electron chi connectivity index (χ0n) is 16.7. The van der Waals surface area contributed by atoms with Gasteiger partial charge in [0.1, 0.15) is 12.2 Å². The van der Waals surface area contributed by atoms with Gasteiger partial charge in [-0.05, 0) is 18.4 Å². The molecule has 0 aromatic heterocycles. The number of likely N-dealkylation sites (N-methyl/N-ethyl adjacent to an activating group) is 1. The summed E-state index contributed by atoms with van der Waals surface area (Å²) in [5, 5.41) is 10.4. The lowest BCUT2D eigenvalue weighted by molar-refractivity contribution is -0.138. The molecule has 3 amide bonds. The molecule has 3 heterocycles. The summed E-state index contributed by atoms with van der Waals surface area (Å²) in [5.74, 6) is -0.115. The smallest absolute Gasteiger partial charge is 0.310 e. The first-order chi connectivity index (χ1) is 13.6. The fraction of sp³-hybridized carbons (Fsp3) is 0.550. The van der Waals surface area contributed by atoms with E-state index in [4.69, 9.17) is 5.10 Å². The van der Waals surface area contributed by atoms with Crippen molar-refractivity contribution in [3.8, 4) is 0 Å². The van der Waals surface area contributed by atoms with Crippen LogP contribution in [0.25, 0.3) is 0 Å². The van der Waals surface area contributed by atoms with E-state index in [9.17, 15) is 9.59 Å². The van der Waals surface area contributed by atoms with Crippen molar-refractivity contribution in [3.05, 3.63) is 35.9 Å². The molecule has 1 N–H and O–H groups in total. The summed E-state index contributed by atoms with van der Waals surface area (Å²) in [6.45, 7) is 5.88. The fourth-order valence-corrected chi connectivity index (χ4v) is 4.30. The second kappa shape index (κ2) is 7.52. The second-order valence-electron chi connectivity index (χ2n) is 7.56. The molecular weight excluding hydrogens is 356 g/mol. The van der Waals surface area contributed by atoms with E-state index in [0.29, 0.717) is 13.1 Å². The van der Waals surface area contributed by atoms with Crippen LogP contribution in [-0.4, -0.2) is 82.5 Å². The SMILES string of the molecule is CCCN1C(=O)C2C(NC3N(CCC)N=C(c4ccccc4)CN23)N(C)C1=O. The van der Waals surface area contributed by atoms with Crippen molar-refractivity contribution in [2.75, 3.05) is 26.7 Å². The Morgan fingerprint density at radius 3 is 2.50 bits per heavy atom. The monoisotopic (exact) mass is 384 g/mol. The van der Waals surface area contributed by atoms with Crippen molar-refractivity contribution in [2.24, 2.45) is 5.10 Å². The molecule has 8 heteroatoms. The molecule has 8 nitrogen and oxygen atoms in total. The predicted molar refractivity (Wildman–Crippen MR) is 106 cm³/mol. The van der Waals surface area contributed by atoms with Gasteiger partial charge in [0.25, 0.3) is 5.91 Å². The minimum Gasteiger partial charge on any atom is -0.310 e. The first-order valence-electron chi connectivity index (χ1n) is 10.1. The fourth-order valence-electron chi connectivity index (χ4n) is 4.30. The molecule has 4 rings (SSSR count). The number of hydrogen-bond acceptors (Lipinski definition) is 6. The second-order valence-corrected chi connectivity index (χ2v) is 7.56. The Bertz CT molecular complexity index is 782. The number of carbonyl (C=O) groups is 2. The third kappa shape index (κ3) is 2.97. The highest BCUT2D eigenvalue weighted by atomic mass is 16.2. The van der Waals surface area contributed by atoms with E-state index < -0.39 is 6.04 Å². The number of benzene rings is 1. The van der Waals surface area contributed by atoms with Crippen LogP contribution in [0.3, 0.4) is 0 Å². The first-order valence-corrected chi connectivity index (χ1v) is 10.1. The van der Waals surface area contributed by atoms with E-state index in [2.05, 4.69) is 17.1 Å². The summed E-state index contributed by atoms with van der Waals surface area (Å²) < 4.78 is 0. The van der Waals surface area contributed by atoms with Gasteiger partial charge in [-0.15, -0.1) is 0 Å². The number of hydrogen-bond donors (Lipinski definition) is 1. The van der Waals surface area contributed by atoms with Crippen molar-refractivity contribution >= 4 is 17.6 Å². The number of hydrazone groups is 1. The molecule has 0 spiro atoms. The van der Waals surface area contributed by atoms with Crippen molar-refractivity contribution in [1.29, 1.82) is 0 Å². The van der Waals surface area contributed by atoms with Crippen molar-refractivity contribution < 1.29 is 9.59 Å². The molecule has 0 radical (unpaired) electrons. The number of imide groups is 1. The van der Waals surface area contributed by atoms with Gasteiger partial charge in [0.05, 0.1) is 5.71 Å². The molecule has 3 aliphatic heterocycles. The molecule has 28 heavy (non-hydrogen) atoms. The number of nitrogens with zero attached hydrogens (tertiary/aromatic N) is 5. The van der Waals surface area contributed by atoms with Crippen LogP contribution in [0.4, 0.5) is 4.79 Å². The van der Waals surface area contributed by atoms with Crippen LogP contribution < -0.4 is 5.32 Å². The number of nitrogens with one attached hydrogen (secondary N) is 1. The van der Waals surface area contributed by atoms with Crippen LogP contribution >= 0.6 is 0 Å². The van der Waals surface area contributed by atoms with Crippen LogP contribution in [-0.2, 0) is 4.79 Å². The van der Waals surface area contributed by atoms with E-state index in [1.807, 2.05) is 42.3 Å².